The largest absolute Gasteiger partial charge is 0.368 e. The SMILES string of the molecule is Cc1cc(N2CCN(c3ccc([N+](=O)[O-])cc3C)CC2)n2ncnc2n1. The van der Waals surface area contributed by atoms with Gasteiger partial charge in [0.25, 0.3) is 11.5 Å². The van der Waals surface area contributed by atoms with Gasteiger partial charge in [-0.25, -0.2) is 4.98 Å². The van der Waals surface area contributed by atoms with Crippen molar-refractivity contribution in [2.45, 2.75) is 13.8 Å². The van der Waals surface area contributed by atoms with E-state index in [4.69, 9.17) is 0 Å². The second-order valence-corrected chi connectivity index (χ2v) is 6.43. The van der Waals surface area contributed by atoms with Crippen LogP contribution in [-0.4, -0.2) is 50.7 Å². The molecule has 1 saturated heterocycles. The number of non-ortho nitro benzene ring substituents is 1. The summed E-state index contributed by atoms with van der Waals surface area (Å²) in [7, 11) is 0. The highest BCUT2D eigenvalue weighted by Crippen LogP contribution is 2.27. The average Bonchev–Trinajstić information content (AvgIpc) is 3.09. The number of aromatic nitrogens is 4. The van der Waals surface area contributed by atoms with E-state index in [-0.39, 0.29) is 10.6 Å². The molecule has 1 aliphatic rings. The predicted octanol–water partition coefficient (Wildman–Crippen LogP) is 1.98. The molecule has 1 fully saturated rings. The number of nitro benzene ring substituents is 1. The van der Waals surface area contributed by atoms with Gasteiger partial charge in [-0.05, 0) is 25.5 Å². The lowest BCUT2D eigenvalue weighted by molar-refractivity contribution is -0.384. The van der Waals surface area contributed by atoms with Crippen LogP contribution in [0.15, 0.2) is 30.6 Å². The van der Waals surface area contributed by atoms with Crippen LogP contribution in [0.1, 0.15) is 11.3 Å². The quantitative estimate of drug-likeness (QED) is 0.525. The van der Waals surface area contributed by atoms with Crippen molar-refractivity contribution in [3.63, 3.8) is 0 Å². The van der Waals surface area contributed by atoms with Crippen molar-refractivity contribution in [2.75, 3.05) is 36.0 Å². The third kappa shape index (κ3) is 2.81. The second-order valence-electron chi connectivity index (χ2n) is 6.43. The van der Waals surface area contributed by atoms with Crippen LogP contribution in [0, 0.1) is 24.0 Å². The smallest absolute Gasteiger partial charge is 0.269 e. The lowest BCUT2D eigenvalue weighted by Gasteiger charge is -2.37. The number of nitro groups is 1. The van der Waals surface area contributed by atoms with Crippen LogP contribution in [0.3, 0.4) is 0 Å². The highest BCUT2D eigenvalue weighted by molar-refractivity contribution is 5.59. The Bertz CT molecular complexity index is 976. The molecule has 0 aliphatic carbocycles. The lowest BCUT2D eigenvalue weighted by Crippen LogP contribution is -2.47. The Morgan fingerprint density at radius 3 is 2.50 bits per heavy atom. The van der Waals surface area contributed by atoms with E-state index in [1.165, 1.54) is 6.33 Å². The molecule has 0 radical (unpaired) electrons. The summed E-state index contributed by atoms with van der Waals surface area (Å²) in [5.74, 6) is 1.60. The van der Waals surface area contributed by atoms with Gasteiger partial charge in [0.2, 0.25) is 0 Å². The maximum atomic E-state index is 10.9. The summed E-state index contributed by atoms with van der Waals surface area (Å²) in [5, 5.41) is 15.2. The predicted molar refractivity (Wildman–Crippen MR) is 97.8 cm³/mol. The van der Waals surface area contributed by atoms with E-state index < -0.39 is 0 Å². The van der Waals surface area contributed by atoms with Gasteiger partial charge in [0, 0.05) is 55.8 Å². The number of rotatable bonds is 3. The molecule has 0 N–H and O–H groups in total. The highest BCUT2D eigenvalue weighted by Gasteiger charge is 2.22. The number of aryl methyl sites for hydroxylation is 2. The Kier molecular flexibility index (Phi) is 3.90. The number of hydrogen-bond acceptors (Lipinski definition) is 7. The topological polar surface area (TPSA) is 92.7 Å². The van der Waals surface area contributed by atoms with Crippen molar-refractivity contribution < 1.29 is 4.92 Å². The van der Waals surface area contributed by atoms with Gasteiger partial charge in [-0.15, -0.1) is 0 Å². The summed E-state index contributed by atoms with van der Waals surface area (Å²) >= 11 is 0. The molecule has 3 heterocycles. The standard InChI is InChI=1S/C17H19N7O2/c1-12-9-14(24(25)26)3-4-15(12)21-5-7-22(8-6-21)16-10-13(2)20-17-18-11-19-23(16)17/h3-4,9-11H,5-8H2,1-2H3. The Hall–Kier alpha value is -3.23. The zero-order valence-electron chi connectivity index (χ0n) is 14.7. The van der Waals surface area contributed by atoms with Crippen molar-refractivity contribution in [3.05, 3.63) is 52.0 Å². The minimum atomic E-state index is -0.357. The third-order valence-corrected chi connectivity index (χ3v) is 4.70. The molecular weight excluding hydrogens is 334 g/mol. The summed E-state index contributed by atoms with van der Waals surface area (Å²) in [6.45, 7) is 7.19. The number of hydrogen-bond donors (Lipinski definition) is 0. The molecule has 9 heteroatoms. The molecule has 26 heavy (non-hydrogen) atoms. The molecule has 0 unspecified atom stereocenters. The number of benzene rings is 1. The van der Waals surface area contributed by atoms with Crippen LogP contribution in [0.4, 0.5) is 17.2 Å². The van der Waals surface area contributed by atoms with Gasteiger partial charge in [0.15, 0.2) is 0 Å². The van der Waals surface area contributed by atoms with Crippen LogP contribution in [0.5, 0.6) is 0 Å². The maximum Gasteiger partial charge on any atom is 0.269 e. The molecule has 1 aliphatic heterocycles. The third-order valence-electron chi connectivity index (χ3n) is 4.70. The Morgan fingerprint density at radius 2 is 1.81 bits per heavy atom. The van der Waals surface area contributed by atoms with Crippen LogP contribution in [0.25, 0.3) is 5.78 Å². The molecule has 0 atom stereocenters. The number of nitrogens with zero attached hydrogens (tertiary/aromatic N) is 7. The molecule has 134 valence electrons. The number of fused-ring (bicyclic) bond motifs is 1. The van der Waals surface area contributed by atoms with Gasteiger partial charge < -0.3 is 9.80 Å². The van der Waals surface area contributed by atoms with Gasteiger partial charge >= 0.3 is 0 Å². The number of anilines is 2. The highest BCUT2D eigenvalue weighted by atomic mass is 16.6. The fourth-order valence-corrected chi connectivity index (χ4v) is 3.42. The summed E-state index contributed by atoms with van der Waals surface area (Å²) in [5.41, 5.74) is 3.01. The summed E-state index contributed by atoms with van der Waals surface area (Å²) in [4.78, 5) is 23.7. The molecule has 4 rings (SSSR count). The van der Waals surface area contributed by atoms with Crippen LogP contribution in [0.2, 0.25) is 0 Å². The first-order valence-corrected chi connectivity index (χ1v) is 8.45. The monoisotopic (exact) mass is 353 g/mol. The molecule has 1 aromatic carbocycles. The molecule has 0 bridgehead atoms. The van der Waals surface area contributed by atoms with Crippen molar-refractivity contribution in [1.82, 2.24) is 19.6 Å². The molecule has 0 amide bonds. The summed E-state index contributed by atoms with van der Waals surface area (Å²) < 4.78 is 1.76. The fourth-order valence-electron chi connectivity index (χ4n) is 3.42. The van der Waals surface area contributed by atoms with Crippen molar-refractivity contribution in [1.29, 1.82) is 0 Å². The molecule has 9 nitrogen and oxygen atoms in total. The van der Waals surface area contributed by atoms with Gasteiger partial charge in [-0.1, -0.05) is 0 Å². The van der Waals surface area contributed by atoms with Crippen molar-refractivity contribution in [3.8, 4) is 0 Å². The molecule has 0 spiro atoms. The van der Waals surface area contributed by atoms with Crippen molar-refractivity contribution >= 4 is 23.0 Å². The minimum Gasteiger partial charge on any atom is -0.368 e. The van der Waals surface area contributed by atoms with E-state index in [1.807, 2.05) is 26.0 Å². The summed E-state index contributed by atoms with van der Waals surface area (Å²) in [6.07, 6.45) is 1.52. The van der Waals surface area contributed by atoms with E-state index in [1.54, 1.807) is 16.6 Å². The summed E-state index contributed by atoms with van der Waals surface area (Å²) in [6, 6.07) is 7.07. The van der Waals surface area contributed by atoms with Gasteiger partial charge in [0.05, 0.1) is 4.92 Å². The van der Waals surface area contributed by atoms with Gasteiger partial charge in [-0.2, -0.15) is 14.6 Å². The van der Waals surface area contributed by atoms with Gasteiger partial charge in [0.1, 0.15) is 12.1 Å². The zero-order valence-corrected chi connectivity index (χ0v) is 14.7. The van der Waals surface area contributed by atoms with Crippen LogP contribution in [-0.2, 0) is 0 Å². The Labute approximate surface area is 150 Å². The molecule has 0 saturated carbocycles. The minimum absolute atomic E-state index is 0.130. The van der Waals surface area contributed by atoms with E-state index in [0.717, 1.165) is 48.9 Å². The average molecular weight is 353 g/mol. The first-order valence-electron chi connectivity index (χ1n) is 8.45. The van der Waals surface area contributed by atoms with E-state index in [9.17, 15) is 10.1 Å². The maximum absolute atomic E-state index is 10.9. The fraction of sp³-hybridized carbons (Fsp3) is 0.353. The molecule has 2 aromatic heterocycles. The van der Waals surface area contributed by atoms with Gasteiger partial charge in [-0.3, -0.25) is 10.1 Å². The van der Waals surface area contributed by atoms with E-state index in [2.05, 4.69) is 24.9 Å². The van der Waals surface area contributed by atoms with Crippen LogP contribution < -0.4 is 9.80 Å². The molecular formula is C17H19N7O2. The zero-order chi connectivity index (χ0) is 18.3. The van der Waals surface area contributed by atoms with E-state index >= 15 is 0 Å². The molecule has 3 aromatic rings. The van der Waals surface area contributed by atoms with Crippen LogP contribution >= 0.6 is 0 Å². The lowest BCUT2D eigenvalue weighted by atomic mass is 10.1. The van der Waals surface area contributed by atoms with Crippen molar-refractivity contribution in [2.24, 2.45) is 0 Å². The van der Waals surface area contributed by atoms with E-state index in [0.29, 0.717) is 5.78 Å². The normalized spacial score (nSPS) is 14.8. The first kappa shape index (κ1) is 16.2. The Balaban J connectivity index is 1.54. The Morgan fingerprint density at radius 1 is 1.08 bits per heavy atom. The number of piperazine rings is 1. The first-order chi connectivity index (χ1) is 12.5. The second kappa shape index (κ2) is 6.25.